The van der Waals surface area contributed by atoms with E-state index in [1.165, 1.54) is 30.1 Å². The number of anilines is 1. The van der Waals surface area contributed by atoms with Crippen molar-refractivity contribution < 1.29 is 14.3 Å². The molecular formula is C18H17N3O3S2. The normalized spacial score (nSPS) is 10.7. The van der Waals surface area contributed by atoms with E-state index in [1.54, 1.807) is 35.6 Å². The number of esters is 1. The van der Waals surface area contributed by atoms with Gasteiger partial charge in [0, 0.05) is 16.0 Å². The lowest BCUT2D eigenvalue weighted by molar-refractivity contribution is -0.113. The second-order valence-corrected chi connectivity index (χ2v) is 7.72. The molecule has 6 nitrogen and oxygen atoms in total. The predicted molar refractivity (Wildman–Crippen MR) is 104 cm³/mol. The van der Waals surface area contributed by atoms with Gasteiger partial charge in [-0.05, 0) is 43.7 Å². The molecule has 26 heavy (non-hydrogen) atoms. The van der Waals surface area contributed by atoms with Gasteiger partial charge in [0.05, 0.1) is 18.4 Å². The smallest absolute Gasteiger partial charge is 0.337 e. The van der Waals surface area contributed by atoms with E-state index in [4.69, 9.17) is 0 Å². The third-order valence-electron chi connectivity index (χ3n) is 3.86. The van der Waals surface area contributed by atoms with E-state index in [0.717, 1.165) is 20.8 Å². The molecule has 3 rings (SSSR count). The van der Waals surface area contributed by atoms with Gasteiger partial charge in [-0.25, -0.2) is 14.8 Å². The molecule has 0 radical (unpaired) electrons. The molecular weight excluding hydrogens is 370 g/mol. The lowest BCUT2D eigenvalue weighted by Crippen LogP contribution is -2.14. The van der Waals surface area contributed by atoms with E-state index in [1.807, 2.05) is 6.92 Å². The molecule has 2 heterocycles. The number of fused-ring (bicyclic) bond motifs is 1. The van der Waals surface area contributed by atoms with Gasteiger partial charge in [0.2, 0.25) is 5.91 Å². The van der Waals surface area contributed by atoms with Crippen LogP contribution in [0.3, 0.4) is 0 Å². The molecule has 1 N–H and O–H groups in total. The van der Waals surface area contributed by atoms with Gasteiger partial charge < -0.3 is 10.1 Å². The number of methoxy groups -OCH3 is 1. The van der Waals surface area contributed by atoms with Crippen molar-refractivity contribution in [1.29, 1.82) is 0 Å². The number of nitrogens with one attached hydrogen (secondary N) is 1. The summed E-state index contributed by atoms with van der Waals surface area (Å²) in [6.45, 7) is 4.10. The van der Waals surface area contributed by atoms with E-state index < -0.39 is 5.97 Å². The van der Waals surface area contributed by atoms with Crippen molar-refractivity contribution in [2.75, 3.05) is 18.2 Å². The number of amides is 1. The van der Waals surface area contributed by atoms with Crippen molar-refractivity contribution >= 4 is 50.9 Å². The Bertz CT molecular complexity index is 968. The minimum atomic E-state index is -0.410. The molecule has 0 saturated heterocycles. The van der Waals surface area contributed by atoms with Crippen LogP contribution in [0, 0.1) is 13.8 Å². The zero-order valence-electron chi connectivity index (χ0n) is 14.5. The highest BCUT2D eigenvalue weighted by Crippen LogP contribution is 2.34. The highest BCUT2D eigenvalue weighted by atomic mass is 32.2. The van der Waals surface area contributed by atoms with Gasteiger partial charge in [0.15, 0.2) is 0 Å². The van der Waals surface area contributed by atoms with Crippen LogP contribution in [0.5, 0.6) is 0 Å². The number of carbonyl (C=O) groups is 2. The summed E-state index contributed by atoms with van der Waals surface area (Å²) >= 11 is 3.02. The number of ether oxygens (including phenoxy) is 1. The van der Waals surface area contributed by atoms with Crippen LogP contribution in [0.4, 0.5) is 5.69 Å². The lowest BCUT2D eigenvalue weighted by Gasteiger charge is -2.06. The van der Waals surface area contributed by atoms with Crippen LogP contribution < -0.4 is 5.32 Å². The van der Waals surface area contributed by atoms with E-state index in [0.29, 0.717) is 11.3 Å². The average molecular weight is 387 g/mol. The van der Waals surface area contributed by atoms with Gasteiger partial charge in [-0.15, -0.1) is 11.3 Å². The molecule has 0 atom stereocenters. The highest BCUT2D eigenvalue weighted by Gasteiger charge is 2.14. The zero-order chi connectivity index (χ0) is 18.7. The van der Waals surface area contributed by atoms with Crippen LogP contribution >= 0.6 is 23.1 Å². The molecule has 0 aliphatic rings. The summed E-state index contributed by atoms with van der Waals surface area (Å²) in [5.74, 6) is -0.316. The quantitative estimate of drug-likeness (QED) is 0.407. The molecule has 0 fully saturated rings. The number of rotatable bonds is 5. The molecule has 0 saturated carbocycles. The van der Waals surface area contributed by atoms with Crippen molar-refractivity contribution in [2.24, 2.45) is 0 Å². The fourth-order valence-corrected chi connectivity index (χ4v) is 4.32. The van der Waals surface area contributed by atoms with Crippen LogP contribution in [0.25, 0.3) is 10.2 Å². The third-order valence-corrected chi connectivity index (χ3v) is 5.97. The van der Waals surface area contributed by atoms with Crippen molar-refractivity contribution in [1.82, 2.24) is 9.97 Å². The van der Waals surface area contributed by atoms with Crippen LogP contribution in [-0.2, 0) is 9.53 Å². The van der Waals surface area contributed by atoms with E-state index in [-0.39, 0.29) is 11.7 Å². The number of benzene rings is 1. The lowest BCUT2D eigenvalue weighted by atomic mass is 10.2. The highest BCUT2D eigenvalue weighted by molar-refractivity contribution is 8.00. The Labute approximate surface area is 159 Å². The number of thioether (sulfide) groups is 1. The second-order valence-electron chi connectivity index (χ2n) is 5.55. The minimum absolute atomic E-state index is 0.141. The topological polar surface area (TPSA) is 81.2 Å². The largest absolute Gasteiger partial charge is 0.465 e. The Morgan fingerprint density at radius 1 is 1.19 bits per heavy atom. The predicted octanol–water partition coefficient (Wildman–Crippen LogP) is 3.83. The van der Waals surface area contributed by atoms with E-state index in [2.05, 4.69) is 26.9 Å². The average Bonchev–Trinajstić information content (AvgIpc) is 2.94. The van der Waals surface area contributed by atoms with Crippen molar-refractivity contribution in [3.8, 4) is 0 Å². The van der Waals surface area contributed by atoms with Crippen molar-refractivity contribution in [3.63, 3.8) is 0 Å². The number of hydrogen-bond acceptors (Lipinski definition) is 7. The summed E-state index contributed by atoms with van der Waals surface area (Å²) in [7, 11) is 1.33. The molecule has 1 amide bonds. The fraction of sp³-hybridized carbons (Fsp3) is 0.222. The maximum atomic E-state index is 12.2. The Balaban J connectivity index is 1.65. The monoisotopic (exact) mass is 387 g/mol. The standard InChI is InChI=1S/C18H17N3O3S2/c1-10-11(2)26-17-15(10)16(19-9-20-17)25-8-14(22)21-13-6-4-12(5-7-13)18(23)24-3/h4-7,9H,8H2,1-3H3,(H,21,22). The summed E-state index contributed by atoms with van der Waals surface area (Å²) < 4.78 is 4.65. The summed E-state index contributed by atoms with van der Waals surface area (Å²) in [4.78, 5) is 34.4. The van der Waals surface area contributed by atoms with Gasteiger partial charge >= 0.3 is 5.97 Å². The Kier molecular flexibility index (Phi) is 5.53. The van der Waals surface area contributed by atoms with Gasteiger partial charge in [-0.2, -0.15) is 0 Å². The summed E-state index contributed by atoms with van der Waals surface area (Å²) in [6.07, 6.45) is 1.53. The zero-order valence-corrected chi connectivity index (χ0v) is 16.2. The molecule has 0 bridgehead atoms. The Morgan fingerprint density at radius 2 is 1.92 bits per heavy atom. The fourth-order valence-electron chi connectivity index (χ4n) is 2.40. The second kappa shape index (κ2) is 7.84. The minimum Gasteiger partial charge on any atom is -0.465 e. The first-order valence-corrected chi connectivity index (χ1v) is 9.61. The molecule has 0 aliphatic heterocycles. The molecule has 134 valence electrons. The van der Waals surface area contributed by atoms with Gasteiger partial charge in [-0.3, -0.25) is 4.79 Å². The Hall–Kier alpha value is -2.45. The van der Waals surface area contributed by atoms with Crippen molar-refractivity contribution in [3.05, 3.63) is 46.6 Å². The molecule has 0 unspecified atom stereocenters. The van der Waals surface area contributed by atoms with Crippen LogP contribution in [0.1, 0.15) is 20.8 Å². The summed E-state index contributed by atoms with van der Waals surface area (Å²) in [5, 5.41) is 4.65. The number of aromatic nitrogens is 2. The molecule has 8 heteroatoms. The van der Waals surface area contributed by atoms with Crippen LogP contribution in [0.15, 0.2) is 35.6 Å². The van der Waals surface area contributed by atoms with Gasteiger partial charge in [-0.1, -0.05) is 11.8 Å². The van der Waals surface area contributed by atoms with Crippen LogP contribution in [0.2, 0.25) is 0 Å². The molecule has 0 spiro atoms. The SMILES string of the molecule is COC(=O)c1ccc(NC(=O)CSc2ncnc3sc(C)c(C)c23)cc1. The Morgan fingerprint density at radius 3 is 2.62 bits per heavy atom. The first-order valence-electron chi connectivity index (χ1n) is 7.81. The number of hydrogen-bond donors (Lipinski definition) is 1. The third kappa shape index (κ3) is 3.86. The van der Waals surface area contributed by atoms with Gasteiger partial charge in [0.25, 0.3) is 0 Å². The maximum Gasteiger partial charge on any atom is 0.337 e. The number of aryl methyl sites for hydroxylation is 2. The molecule has 3 aromatic rings. The van der Waals surface area contributed by atoms with E-state index >= 15 is 0 Å². The molecule has 1 aromatic carbocycles. The number of thiophene rings is 1. The summed E-state index contributed by atoms with van der Waals surface area (Å²) in [6, 6.07) is 6.56. The maximum absolute atomic E-state index is 12.2. The summed E-state index contributed by atoms with van der Waals surface area (Å²) in [5.41, 5.74) is 2.22. The van der Waals surface area contributed by atoms with E-state index in [9.17, 15) is 9.59 Å². The molecule has 0 aliphatic carbocycles. The molecule has 2 aromatic heterocycles. The number of nitrogens with zero attached hydrogens (tertiary/aromatic N) is 2. The first-order chi connectivity index (χ1) is 12.5. The van der Waals surface area contributed by atoms with Crippen LogP contribution in [-0.4, -0.2) is 34.7 Å². The van der Waals surface area contributed by atoms with Crippen molar-refractivity contribution in [2.45, 2.75) is 18.9 Å². The number of carbonyl (C=O) groups excluding carboxylic acids is 2. The first kappa shape index (κ1) is 18.3. The van der Waals surface area contributed by atoms with Gasteiger partial charge in [0.1, 0.15) is 16.2 Å².